The summed E-state index contributed by atoms with van der Waals surface area (Å²) in [5.41, 5.74) is 8.43. The molecule has 7 nitrogen and oxygen atoms in total. The van der Waals surface area contributed by atoms with Crippen molar-refractivity contribution in [2.24, 2.45) is 5.10 Å². The summed E-state index contributed by atoms with van der Waals surface area (Å²) in [6.45, 7) is 7.30. The molecule has 0 aliphatic rings. The molecule has 2 aromatic carbocycles. The number of hydrazone groups is 1. The number of nitrogens with one attached hydrogen (secondary N) is 1. The number of halogens is 1. The highest BCUT2D eigenvalue weighted by Gasteiger charge is 2.22. The highest BCUT2D eigenvalue weighted by atomic mass is 35.5. The summed E-state index contributed by atoms with van der Waals surface area (Å²) < 4.78 is 27.8. The number of sulfonamides is 1. The molecule has 33 heavy (non-hydrogen) atoms. The smallest absolute Gasteiger partial charge is 0.260 e. The Balaban J connectivity index is 1.75. The van der Waals surface area contributed by atoms with Crippen LogP contribution in [0.15, 0.2) is 53.6 Å². The SMILES string of the molecule is Cc1ccc(N(CC(=O)N/N=C\c2cc(C)n(-c3ccc(Cl)cc3)c2C)S(C)(=O)=O)c(C)c1. The van der Waals surface area contributed by atoms with Crippen LogP contribution in [0.5, 0.6) is 0 Å². The van der Waals surface area contributed by atoms with Crippen LogP contribution in [0.25, 0.3) is 5.69 Å². The van der Waals surface area contributed by atoms with Crippen LogP contribution in [0.1, 0.15) is 28.1 Å². The maximum Gasteiger partial charge on any atom is 0.260 e. The van der Waals surface area contributed by atoms with Gasteiger partial charge < -0.3 is 4.57 Å². The Bertz CT molecular complexity index is 1310. The topological polar surface area (TPSA) is 83.8 Å². The van der Waals surface area contributed by atoms with E-state index in [0.29, 0.717) is 10.7 Å². The van der Waals surface area contributed by atoms with Crippen molar-refractivity contribution in [3.05, 3.63) is 81.6 Å². The van der Waals surface area contributed by atoms with E-state index < -0.39 is 15.9 Å². The fraction of sp³-hybridized carbons (Fsp3) is 0.250. The average Bonchev–Trinajstić information content (AvgIpc) is 3.00. The lowest BCUT2D eigenvalue weighted by Gasteiger charge is -2.23. The van der Waals surface area contributed by atoms with E-state index in [9.17, 15) is 13.2 Å². The molecule has 1 aromatic heterocycles. The first-order chi connectivity index (χ1) is 15.5. The molecule has 0 bridgehead atoms. The summed E-state index contributed by atoms with van der Waals surface area (Å²) in [5.74, 6) is -0.539. The number of anilines is 1. The zero-order chi connectivity index (χ0) is 24.3. The molecule has 0 radical (unpaired) electrons. The Morgan fingerprint density at radius 2 is 1.76 bits per heavy atom. The fourth-order valence-corrected chi connectivity index (χ4v) is 4.75. The number of hydrogen-bond acceptors (Lipinski definition) is 4. The number of amides is 1. The Morgan fingerprint density at radius 1 is 1.09 bits per heavy atom. The number of hydrogen-bond donors (Lipinski definition) is 1. The van der Waals surface area contributed by atoms with Gasteiger partial charge in [-0.25, -0.2) is 13.8 Å². The molecule has 1 heterocycles. The minimum absolute atomic E-state index is 0.371. The van der Waals surface area contributed by atoms with Crippen LogP contribution in [0.2, 0.25) is 5.02 Å². The lowest BCUT2D eigenvalue weighted by atomic mass is 10.1. The Labute approximate surface area is 199 Å². The molecule has 0 saturated heterocycles. The van der Waals surface area contributed by atoms with Crippen molar-refractivity contribution in [1.82, 2.24) is 9.99 Å². The molecular formula is C24H27ClN4O3S. The highest BCUT2D eigenvalue weighted by molar-refractivity contribution is 7.92. The Hall–Kier alpha value is -3.10. The third kappa shape index (κ3) is 5.83. The second-order valence-electron chi connectivity index (χ2n) is 7.99. The van der Waals surface area contributed by atoms with E-state index in [1.165, 1.54) is 0 Å². The monoisotopic (exact) mass is 486 g/mol. The molecule has 174 valence electrons. The van der Waals surface area contributed by atoms with Crippen molar-refractivity contribution < 1.29 is 13.2 Å². The van der Waals surface area contributed by atoms with Gasteiger partial charge in [-0.1, -0.05) is 29.3 Å². The number of carbonyl (C=O) groups is 1. The molecular weight excluding hydrogens is 460 g/mol. The van der Waals surface area contributed by atoms with Crippen LogP contribution in [-0.4, -0.2) is 37.9 Å². The molecule has 9 heteroatoms. The first-order valence-corrected chi connectivity index (χ1v) is 12.5. The fourth-order valence-electron chi connectivity index (χ4n) is 3.71. The van der Waals surface area contributed by atoms with E-state index in [1.807, 2.05) is 70.2 Å². The van der Waals surface area contributed by atoms with Gasteiger partial charge in [0.25, 0.3) is 5.91 Å². The molecule has 0 atom stereocenters. The number of aromatic nitrogens is 1. The van der Waals surface area contributed by atoms with Gasteiger partial charge in [-0.15, -0.1) is 0 Å². The lowest BCUT2D eigenvalue weighted by Crippen LogP contribution is -2.39. The van der Waals surface area contributed by atoms with Crippen molar-refractivity contribution in [1.29, 1.82) is 0 Å². The van der Waals surface area contributed by atoms with Crippen molar-refractivity contribution in [2.45, 2.75) is 27.7 Å². The maximum absolute atomic E-state index is 12.5. The van der Waals surface area contributed by atoms with Crippen molar-refractivity contribution >= 4 is 39.4 Å². The third-order valence-corrected chi connectivity index (χ3v) is 6.63. The minimum Gasteiger partial charge on any atom is -0.318 e. The van der Waals surface area contributed by atoms with Gasteiger partial charge in [-0.3, -0.25) is 9.10 Å². The first kappa shape index (κ1) is 24.5. The van der Waals surface area contributed by atoms with E-state index in [2.05, 4.69) is 15.1 Å². The van der Waals surface area contributed by atoms with Crippen LogP contribution >= 0.6 is 11.6 Å². The van der Waals surface area contributed by atoms with Crippen LogP contribution in [-0.2, 0) is 14.8 Å². The molecule has 1 amide bonds. The second-order valence-corrected chi connectivity index (χ2v) is 10.3. The quantitative estimate of drug-likeness (QED) is 0.399. The zero-order valence-electron chi connectivity index (χ0n) is 19.3. The maximum atomic E-state index is 12.5. The van der Waals surface area contributed by atoms with Gasteiger partial charge in [0.05, 0.1) is 18.2 Å². The number of carbonyl (C=O) groups excluding carboxylic acids is 1. The van der Waals surface area contributed by atoms with Crippen LogP contribution in [0.3, 0.4) is 0 Å². The molecule has 0 unspecified atom stereocenters. The van der Waals surface area contributed by atoms with E-state index in [4.69, 9.17) is 11.6 Å². The van der Waals surface area contributed by atoms with Gasteiger partial charge in [-0.05, 0) is 69.7 Å². The van der Waals surface area contributed by atoms with Crippen LogP contribution in [0.4, 0.5) is 5.69 Å². The third-order valence-electron chi connectivity index (χ3n) is 5.26. The summed E-state index contributed by atoms with van der Waals surface area (Å²) in [4.78, 5) is 12.5. The number of rotatable bonds is 7. The molecule has 0 aliphatic carbocycles. The van der Waals surface area contributed by atoms with E-state index in [-0.39, 0.29) is 6.54 Å². The van der Waals surface area contributed by atoms with Crippen LogP contribution in [0, 0.1) is 27.7 Å². The van der Waals surface area contributed by atoms with E-state index >= 15 is 0 Å². The minimum atomic E-state index is -3.66. The summed E-state index contributed by atoms with van der Waals surface area (Å²) in [6, 6.07) is 14.9. The molecule has 3 rings (SSSR count). The molecule has 0 fully saturated rings. The zero-order valence-corrected chi connectivity index (χ0v) is 20.8. The van der Waals surface area contributed by atoms with Crippen molar-refractivity contribution in [3.8, 4) is 5.69 Å². The highest BCUT2D eigenvalue weighted by Crippen LogP contribution is 2.24. The Morgan fingerprint density at radius 3 is 2.36 bits per heavy atom. The second kappa shape index (κ2) is 9.80. The number of aryl methyl sites for hydroxylation is 3. The van der Waals surface area contributed by atoms with Crippen molar-refractivity contribution in [2.75, 3.05) is 17.1 Å². The normalized spacial score (nSPS) is 11.7. The van der Waals surface area contributed by atoms with Crippen LogP contribution < -0.4 is 9.73 Å². The largest absolute Gasteiger partial charge is 0.318 e. The molecule has 1 N–H and O–H groups in total. The molecule has 0 spiro atoms. The Kier molecular flexibility index (Phi) is 7.29. The van der Waals surface area contributed by atoms with Gasteiger partial charge in [0, 0.05) is 27.7 Å². The first-order valence-electron chi connectivity index (χ1n) is 10.3. The number of benzene rings is 2. The standard InChI is InChI=1S/C24H27ClN4O3S/c1-16-6-11-23(17(2)12-16)28(33(5,31)32)15-24(30)27-26-14-20-13-18(3)29(19(20)4)22-9-7-21(25)8-10-22/h6-14H,15H2,1-5H3,(H,27,30)/b26-14-. The molecule has 0 aliphatic heterocycles. The summed E-state index contributed by atoms with van der Waals surface area (Å²) in [7, 11) is -3.66. The summed E-state index contributed by atoms with van der Waals surface area (Å²) >= 11 is 5.99. The number of nitrogens with zero attached hydrogens (tertiary/aromatic N) is 3. The van der Waals surface area contributed by atoms with E-state index in [0.717, 1.165) is 44.3 Å². The molecule has 3 aromatic rings. The van der Waals surface area contributed by atoms with E-state index in [1.54, 1.807) is 12.3 Å². The molecule has 0 saturated carbocycles. The van der Waals surface area contributed by atoms with Gasteiger partial charge >= 0.3 is 0 Å². The summed E-state index contributed by atoms with van der Waals surface area (Å²) in [5, 5.41) is 4.71. The predicted molar refractivity (Wildman–Crippen MR) is 134 cm³/mol. The van der Waals surface area contributed by atoms with Gasteiger partial charge in [0.2, 0.25) is 10.0 Å². The average molecular weight is 487 g/mol. The van der Waals surface area contributed by atoms with Gasteiger partial charge in [0.15, 0.2) is 0 Å². The summed E-state index contributed by atoms with van der Waals surface area (Å²) in [6.07, 6.45) is 2.63. The lowest BCUT2D eigenvalue weighted by molar-refractivity contribution is -0.119. The van der Waals surface area contributed by atoms with Gasteiger partial charge in [0.1, 0.15) is 6.54 Å². The van der Waals surface area contributed by atoms with Crippen molar-refractivity contribution in [3.63, 3.8) is 0 Å². The van der Waals surface area contributed by atoms with Gasteiger partial charge in [-0.2, -0.15) is 5.10 Å². The predicted octanol–water partition coefficient (Wildman–Crippen LogP) is 4.28.